The third-order valence-electron chi connectivity index (χ3n) is 2.73. The minimum atomic E-state index is -0.0969. The monoisotopic (exact) mass is 224 g/mol. The highest BCUT2D eigenvalue weighted by molar-refractivity contribution is 5.91. The van der Waals surface area contributed by atoms with Crippen molar-refractivity contribution in [1.82, 2.24) is 14.8 Å². The molecule has 1 aromatic rings. The second-order valence-electron chi connectivity index (χ2n) is 3.92. The van der Waals surface area contributed by atoms with Crippen LogP contribution in [0.5, 0.6) is 0 Å². The van der Waals surface area contributed by atoms with Gasteiger partial charge in [-0.15, -0.1) is 0 Å². The summed E-state index contributed by atoms with van der Waals surface area (Å²) < 4.78 is 5.23. The van der Waals surface area contributed by atoms with Gasteiger partial charge in [0, 0.05) is 26.2 Å². The van der Waals surface area contributed by atoms with E-state index in [1.54, 1.807) is 4.90 Å². The van der Waals surface area contributed by atoms with Gasteiger partial charge < -0.3 is 20.0 Å². The molecule has 2 N–H and O–H groups in total. The van der Waals surface area contributed by atoms with Crippen LogP contribution in [-0.2, 0) is 6.54 Å². The number of hydrogen-bond donors (Lipinski definition) is 1. The Balaban J connectivity index is 2.01. The lowest BCUT2D eigenvalue weighted by molar-refractivity contribution is 0.0631. The number of piperazine rings is 1. The van der Waals surface area contributed by atoms with Gasteiger partial charge in [0.15, 0.2) is 0 Å². The Morgan fingerprint density at radius 1 is 1.50 bits per heavy atom. The second kappa shape index (κ2) is 4.63. The smallest absolute Gasteiger partial charge is 0.291 e. The molecule has 1 saturated heterocycles. The van der Waals surface area contributed by atoms with Crippen LogP contribution in [0.25, 0.3) is 0 Å². The van der Waals surface area contributed by atoms with Gasteiger partial charge in [-0.05, 0) is 7.05 Å². The molecule has 1 aliphatic heterocycles. The van der Waals surface area contributed by atoms with Crippen molar-refractivity contribution < 1.29 is 9.21 Å². The fourth-order valence-corrected chi connectivity index (χ4v) is 1.67. The first kappa shape index (κ1) is 11.1. The first-order valence-corrected chi connectivity index (χ1v) is 5.33. The highest BCUT2D eigenvalue weighted by atomic mass is 16.4. The average Bonchev–Trinajstić information content (AvgIpc) is 2.77. The Bertz CT molecular complexity index is 369. The first-order chi connectivity index (χ1) is 7.70. The molecular weight excluding hydrogens is 208 g/mol. The molecule has 0 saturated carbocycles. The molecular formula is C10H16N4O2. The third-order valence-corrected chi connectivity index (χ3v) is 2.73. The van der Waals surface area contributed by atoms with Crippen LogP contribution < -0.4 is 5.73 Å². The molecule has 1 aliphatic rings. The van der Waals surface area contributed by atoms with Gasteiger partial charge in [0.2, 0.25) is 11.7 Å². The van der Waals surface area contributed by atoms with Crippen molar-refractivity contribution in [3.8, 4) is 0 Å². The molecule has 6 heteroatoms. The van der Waals surface area contributed by atoms with E-state index in [9.17, 15) is 4.79 Å². The lowest BCUT2D eigenvalue weighted by atomic mass is 10.3. The Morgan fingerprint density at radius 3 is 2.75 bits per heavy atom. The average molecular weight is 224 g/mol. The number of carbonyl (C=O) groups is 1. The minimum absolute atomic E-state index is 0.0969. The zero-order valence-corrected chi connectivity index (χ0v) is 9.35. The maximum atomic E-state index is 12.0. The molecule has 0 aliphatic carbocycles. The SMILES string of the molecule is CN1CCN(C(=O)c2cnc(CN)o2)CC1. The van der Waals surface area contributed by atoms with E-state index >= 15 is 0 Å². The number of oxazole rings is 1. The maximum absolute atomic E-state index is 12.0. The van der Waals surface area contributed by atoms with Gasteiger partial charge in [0.25, 0.3) is 5.91 Å². The van der Waals surface area contributed by atoms with Crippen LogP contribution in [-0.4, -0.2) is 53.9 Å². The molecule has 0 radical (unpaired) electrons. The number of rotatable bonds is 2. The van der Waals surface area contributed by atoms with Crippen LogP contribution >= 0.6 is 0 Å². The van der Waals surface area contributed by atoms with Crippen molar-refractivity contribution in [3.05, 3.63) is 17.8 Å². The summed E-state index contributed by atoms with van der Waals surface area (Å²) in [6.07, 6.45) is 1.45. The number of amides is 1. The number of carbonyl (C=O) groups excluding carboxylic acids is 1. The Kier molecular flexibility index (Phi) is 3.21. The summed E-state index contributed by atoms with van der Waals surface area (Å²) >= 11 is 0. The zero-order chi connectivity index (χ0) is 11.5. The number of hydrogen-bond acceptors (Lipinski definition) is 5. The molecule has 0 unspecified atom stereocenters. The summed E-state index contributed by atoms with van der Waals surface area (Å²) in [5, 5.41) is 0. The normalized spacial score (nSPS) is 17.8. The highest BCUT2D eigenvalue weighted by Crippen LogP contribution is 2.09. The van der Waals surface area contributed by atoms with Crippen LogP contribution in [0.2, 0.25) is 0 Å². The molecule has 0 atom stereocenters. The maximum Gasteiger partial charge on any atom is 0.291 e. The van der Waals surface area contributed by atoms with Crippen molar-refractivity contribution in [3.63, 3.8) is 0 Å². The van der Waals surface area contributed by atoms with Gasteiger partial charge in [-0.2, -0.15) is 0 Å². The minimum Gasteiger partial charge on any atom is -0.434 e. The van der Waals surface area contributed by atoms with Crippen LogP contribution in [0.3, 0.4) is 0 Å². The van der Waals surface area contributed by atoms with E-state index in [1.807, 2.05) is 7.05 Å². The molecule has 1 amide bonds. The summed E-state index contributed by atoms with van der Waals surface area (Å²) in [6.45, 7) is 3.46. The number of likely N-dealkylation sites (N-methyl/N-ethyl adjacent to an activating group) is 1. The van der Waals surface area contributed by atoms with Crippen LogP contribution in [0, 0.1) is 0 Å². The van der Waals surface area contributed by atoms with Gasteiger partial charge in [0.05, 0.1) is 12.7 Å². The Labute approximate surface area is 94.0 Å². The van der Waals surface area contributed by atoms with E-state index in [-0.39, 0.29) is 18.2 Å². The van der Waals surface area contributed by atoms with Gasteiger partial charge in [0.1, 0.15) is 0 Å². The fraction of sp³-hybridized carbons (Fsp3) is 0.600. The molecule has 1 aromatic heterocycles. The van der Waals surface area contributed by atoms with Crippen molar-refractivity contribution >= 4 is 5.91 Å². The lowest BCUT2D eigenvalue weighted by Gasteiger charge is -2.31. The van der Waals surface area contributed by atoms with Crippen molar-refractivity contribution in [1.29, 1.82) is 0 Å². The van der Waals surface area contributed by atoms with Crippen LogP contribution in [0.4, 0.5) is 0 Å². The van der Waals surface area contributed by atoms with Gasteiger partial charge in [-0.1, -0.05) is 0 Å². The molecule has 16 heavy (non-hydrogen) atoms. The lowest BCUT2D eigenvalue weighted by Crippen LogP contribution is -2.47. The fourth-order valence-electron chi connectivity index (χ4n) is 1.67. The highest BCUT2D eigenvalue weighted by Gasteiger charge is 2.23. The van der Waals surface area contributed by atoms with E-state index in [1.165, 1.54) is 6.20 Å². The molecule has 6 nitrogen and oxygen atoms in total. The summed E-state index contributed by atoms with van der Waals surface area (Å²) in [6, 6.07) is 0. The van der Waals surface area contributed by atoms with Crippen molar-refractivity contribution in [2.24, 2.45) is 5.73 Å². The summed E-state index contributed by atoms with van der Waals surface area (Å²) in [7, 11) is 2.04. The standard InChI is InChI=1S/C10H16N4O2/c1-13-2-4-14(5-3-13)10(15)8-7-12-9(6-11)16-8/h7H,2-6,11H2,1H3. The Morgan fingerprint density at radius 2 is 2.19 bits per heavy atom. The third kappa shape index (κ3) is 2.23. The predicted molar refractivity (Wildman–Crippen MR) is 57.8 cm³/mol. The molecule has 2 rings (SSSR count). The molecule has 0 bridgehead atoms. The van der Waals surface area contributed by atoms with E-state index in [0.717, 1.165) is 26.2 Å². The Hall–Kier alpha value is -1.40. The molecule has 2 heterocycles. The number of nitrogens with two attached hydrogens (primary N) is 1. The van der Waals surface area contributed by atoms with E-state index in [0.29, 0.717) is 5.89 Å². The quantitative estimate of drug-likeness (QED) is 0.734. The molecule has 0 spiro atoms. The summed E-state index contributed by atoms with van der Waals surface area (Å²) in [5.41, 5.74) is 5.37. The molecule has 88 valence electrons. The first-order valence-electron chi connectivity index (χ1n) is 5.33. The van der Waals surface area contributed by atoms with Crippen LogP contribution in [0.1, 0.15) is 16.4 Å². The summed E-state index contributed by atoms with van der Waals surface area (Å²) in [5.74, 6) is 0.586. The predicted octanol–water partition coefficient (Wildman–Crippen LogP) is -0.479. The molecule has 0 aromatic carbocycles. The number of nitrogens with zero attached hydrogens (tertiary/aromatic N) is 3. The molecule has 1 fully saturated rings. The summed E-state index contributed by atoms with van der Waals surface area (Å²) in [4.78, 5) is 19.9. The van der Waals surface area contributed by atoms with Crippen molar-refractivity contribution in [2.75, 3.05) is 33.2 Å². The van der Waals surface area contributed by atoms with Crippen molar-refractivity contribution in [2.45, 2.75) is 6.54 Å². The van der Waals surface area contributed by atoms with Gasteiger partial charge >= 0.3 is 0 Å². The van der Waals surface area contributed by atoms with E-state index in [2.05, 4.69) is 9.88 Å². The zero-order valence-electron chi connectivity index (χ0n) is 9.35. The van der Waals surface area contributed by atoms with Gasteiger partial charge in [-0.25, -0.2) is 4.98 Å². The van der Waals surface area contributed by atoms with E-state index < -0.39 is 0 Å². The van der Waals surface area contributed by atoms with E-state index in [4.69, 9.17) is 10.2 Å². The van der Waals surface area contributed by atoms with Gasteiger partial charge in [-0.3, -0.25) is 4.79 Å². The second-order valence-corrected chi connectivity index (χ2v) is 3.92. The largest absolute Gasteiger partial charge is 0.434 e. The van der Waals surface area contributed by atoms with Crippen LogP contribution in [0.15, 0.2) is 10.6 Å². The number of aromatic nitrogens is 1. The topological polar surface area (TPSA) is 75.6 Å².